The molecular formula is C12H12F2N2O. The zero-order valence-electron chi connectivity index (χ0n) is 9.41. The fraction of sp³-hybridized carbons (Fsp3) is 0.250. The zero-order valence-corrected chi connectivity index (χ0v) is 9.41. The van der Waals surface area contributed by atoms with Crippen molar-refractivity contribution in [2.45, 2.75) is 0 Å². The Bertz CT molecular complexity index is 486. The minimum Gasteiger partial charge on any atom is -0.491 e. The molecule has 0 saturated carbocycles. The third-order valence-electron chi connectivity index (χ3n) is 2.56. The highest BCUT2D eigenvalue weighted by atomic mass is 19.2. The van der Waals surface area contributed by atoms with Crippen LogP contribution in [0.15, 0.2) is 29.9 Å². The molecule has 0 aliphatic carbocycles. The number of nitrogens with zero attached hydrogens (tertiary/aromatic N) is 2. The highest BCUT2D eigenvalue weighted by Crippen LogP contribution is 2.26. The number of aliphatic imine (C=N–C) groups is 1. The lowest BCUT2D eigenvalue weighted by atomic mass is 10.1. The topological polar surface area (TPSA) is 24.8 Å². The predicted molar refractivity (Wildman–Crippen MR) is 61.2 cm³/mol. The molecule has 0 fully saturated rings. The molecule has 0 bridgehead atoms. The van der Waals surface area contributed by atoms with E-state index in [1.54, 1.807) is 18.1 Å². The molecule has 3 nitrogen and oxygen atoms in total. The lowest BCUT2D eigenvalue weighted by molar-refractivity contribution is 0.299. The highest BCUT2D eigenvalue weighted by molar-refractivity contribution is 6.02. The summed E-state index contributed by atoms with van der Waals surface area (Å²) in [4.78, 5) is 5.81. The molecule has 17 heavy (non-hydrogen) atoms. The molecule has 0 N–H and O–H groups in total. The fourth-order valence-electron chi connectivity index (χ4n) is 1.76. The number of amidine groups is 1. The first-order valence-electron chi connectivity index (χ1n) is 5.15. The first kappa shape index (κ1) is 11.6. The smallest absolute Gasteiger partial charge is 0.162 e. The zero-order chi connectivity index (χ0) is 12.4. The SMILES string of the molecule is C=CN1CCOc2cc(F)c(F)cc2C1=NC. The molecular weight excluding hydrogens is 226 g/mol. The van der Waals surface area contributed by atoms with E-state index in [1.807, 2.05) is 0 Å². The van der Waals surface area contributed by atoms with Gasteiger partial charge in [0.05, 0.1) is 12.1 Å². The van der Waals surface area contributed by atoms with Gasteiger partial charge < -0.3 is 9.64 Å². The Morgan fingerprint density at radius 2 is 2.12 bits per heavy atom. The molecule has 1 aromatic rings. The van der Waals surface area contributed by atoms with E-state index < -0.39 is 11.6 Å². The van der Waals surface area contributed by atoms with Gasteiger partial charge in [-0.05, 0) is 12.3 Å². The summed E-state index contributed by atoms with van der Waals surface area (Å²) in [6.07, 6.45) is 1.59. The van der Waals surface area contributed by atoms with E-state index in [0.717, 1.165) is 12.1 Å². The maximum atomic E-state index is 13.3. The molecule has 1 heterocycles. The van der Waals surface area contributed by atoms with Crippen LogP contribution in [0, 0.1) is 11.6 Å². The Morgan fingerprint density at radius 1 is 1.41 bits per heavy atom. The third kappa shape index (κ3) is 2.00. The van der Waals surface area contributed by atoms with Crippen molar-refractivity contribution in [3.8, 4) is 5.75 Å². The van der Waals surface area contributed by atoms with E-state index in [2.05, 4.69) is 11.6 Å². The largest absolute Gasteiger partial charge is 0.491 e. The summed E-state index contributed by atoms with van der Waals surface area (Å²) in [5.41, 5.74) is 0.434. The van der Waals surface area contributed by atoms with Crippen LogP contribution in [0.4, 0.5) is 8.78 Å². The van der Waals surface area contributed by atoms with Crippen molar-refractivity contribution >= 4 is 5.84 Å². The van der Waals surface area contributed by atoms with Crippen LogP contribution in [0.25, 0.3) is 0 Å². The Kier molecular flexibility index (Phi) is 3.08. The van der Waals surface area contributed by atoms with Gasteiger partial charge in [-0.25, -0.2) is 8.78 Å². The van der Waals surface area contributed by atoms with Crippen molar-refractivity contribution in [3.05, 3.63) is 42.1 Å². The summed E-state index contributed by atoms with van der Waals surface area (Å²) in [5.74, 6) is -1.02. The Morgan fingerprint density at radius 3 is 2.76 bits per heavy atom. The number of hydrogen-bond acceptors (Lipinski definition) is 2. The van der Waals surface area contributed by atoms with Gasteiger partial charge in [-0.1, -0.05) is 6.58 Å². The molecule has 5 heteroatoms. The highest BCUT2D eigenvalue weighted by Gasteiger charge is 2.22. The monoisotopic (exact) mass is 238 g/mol. The molecule has 0 spiro atoms. The predicted octanol–water partition coefficient (Wildman–Crippen LogP) is 2.18. The van der Waals surface area contributed by atoms with Gasteiger partial charge in [0.1, 0.15) is 18.2 Å². The summed E-state index contributed by atoms with van der Waals surface area (Å²) in [6, 6.07) is 2.14. The normalized spacial score (nSPS) is 17.4. The van der Waals surface area contributed by atoms with Gasteiger partial charge in [-0.3, -0.25) is 4.99 Å². The van der Waals surface area contributed by atoms with Crippen molar-refractivity contribution in [1.82, 2.24) is 4.90 Å². The van der Waals surface area contributed by atoms with E-state index in [4.69, 9.17) is 4.74 Å². The van der Waals surface area contributed by atoms with Gasteiger partial charge in [-0.2, -0.15) is 0 Å². The second-order valence-corrected chi connectivity index (χ2v) is 3.53. The minimum atomic E-state index is -0.925. The maximum absolute atomic E-state index is 13.3. The molecule has 0 atom stereocenters. The standard InChI is InChI=1S/C12H12F2N2O/c1-3-16-4-5-17-11-7-10(14)9(13)6-8(11)12(16)15-2/h3,6-7H,1,4-5H2,2H3. The average molecular weight is 238 g/mol. The fourth-order valence-corrected chi connectivity index (χ4v) is 1.76. The lowest BCUT2D eigenvalue weighted by Crippen LogP contribution is -2.27. The number of fused-ring (bicyclic) bond motifs is 1. The Hall–Kier alpha value is -1.91. The summed E-state index contributed by atoms with van der Waals surface area (Å²) >= 11 is 0. The van der Waals surface area contributed by atoms with Crippen LogP contribution in [-0.2, 0) is 0 Å². The van der Waals surface area contributed by atoms with E-state index in [1.165, 1.54) is 0 Å². The lowest BCUT2D eigenvalue weighted by Gasteiger charge is -2.18. The number of ether oxygens (including phenoxy) is 1. The van der Waals surface area contributed by atoms with Crippen LogP contribution < -0.4 is 4.74 Å². The van der Waals surface area contributed by atoms with Crippen LogP contribution >= 0.6 is 0 Å². The molecule has 90 valence electrons. The van der Waals surface area contributed by atoms with Crippen LogP contribution in [0.2, 0.25) is 0 Å². The minimum absolute atomic E-state index is 0.300. The van der Waals surface area contributed by atoms with Crippen molar-refractivity contribution in [2.24, 2.45) is 4.99 Å². The summed E-state index contributed by atoms with van der Waals surface area (Å²) < 4.78 is 31.7. The van der Waals surface area contributed by atoms with Gasteiger partial charge >= 0.3 is 0 Å². The molecule has 0 amide bonds. The van der Waals surface area contributed by atoms with E-state index in [0.29, 0.717) is 30.3 Å². The van der Waals surface area contributed by atoms with Crippen LogP contribution in [0.5, 0.6) is 5.75 Å². The van der Waals surface area contributed by atoms with Crippen LogP contribution in [0.3, 0.4) is 0 Å². The molecule has 0 radical (unpaired) electrons. The van der Waals surface area contributed by atoms with E-state index >= 15 is 0 Å². The van der Waals surface area contributed by atoms with Gasteiger partial charge in [0.2, 0.25) is 0 Å². The van der Waals surface area contributed by atoms with Gasteiger partial charge in [0, 0.05) is 13.1 Å². The summed E-state index contributed by atoms with van der Waals surface area (Å²) in [6.45, 7) is 4.56. The quantitative estimate of drug-likeness (QED) is 0.749. The van der Waals surface area contributed by atoms with E-state index in [-0.39, 0.29) is 0 Å². The number of hydrogen-bond donors (Lipinski definition) is 0. The summed E-state index contributed by atoms with van der Waals surface area (Å²) in [5, 5.41) is 0. The number of benzene rings is 1. The molecule has 0 unspecified atom stereocenters. The van der Waals surface area contributed by atoms with Crippen molar-refractivity contribution < 1.29 is 13.5 Å². The van der Waals surface area contributed by atoms with Crippen molar-refractivity contribution in [3.63, 3.8) is 0 Å². The second kappa shape index (κ2) is 4.53. The number of halogens is 2. The van der Waals surface area contributed by atoms with Crippen molar-refractivity contribution in [2.75, 3.05) is 20.2 Å². The van der Waals surface area contributed by atoms with Crippen LogP contribution in [0.1, 0.15) is 5.56 Å². The number of rotatable bonds is 1. The Labute approximate surface area is 98.0 Å². The van der Waals surface area contributed by atoms with Gasteiger partial charge in [-0.15, -0.1) is 0 Å². The molecule has 1 aliphatic heterocycles. The molecule has 0 aromatic heterocycles. The Balaban J connectivity index is 2.59. The van der Waals surface area contributed by atoms with E-state index in [9.17, 15) is 8.78 Å². The summed E-state index contributed by atoms with van der Waals surface area (Å²) in [7, 11) is 1.59. The molecule has 1 aromatic carbocycles. The van der Waals surface area contributed by atoms with Crippen LogP contribution in [-0.4, -0.2) is 30.9 Å². The second-order valence-electron chi connectivity index (χ2n) is 3.53. The van der Waals surface area contributed by atoms with Gasteiger partial charge in [0.25, 0.3) is 0 Å². The molecule has 2 rings (SSSR count). The maximum Gasteiger partial charge on any atom is 0.162 e. The molecule has 1 aliphatic rings. The average Bonchev–Trinajstić information content (AvgIpc) is 2.48. The molecule has 0 saturated heterocycles. The third-order valence-corrected chi connectivity index (χ3v) is 2.56. The first-order chi connectivity index (χ1) is 8.17. The first-order valence-corrected chi connectivity index (χ1v) is 5.15. The van der Waals surface area contributed by atoms with Crippen molar-refractivity contribution in [1.29, 1.82) is 0 Å². The van der Waals surface area contributed by atoms with Gasteiger partial charge in [0.15, 0.2) is 11.6 Å².